The molecule has 0 fully saturated rings. The maximum absolute atomic E-state index is 12.4. The van der Waals surface area contributed by atoms with Crippen LogP contribution in [0.4, 0.5) is 5.69 Å². The first kappa shape index (κ1) is 15.0. The third-order valence-corrected chi connectivity index (χ3v) is 4.86. The van der Waals surface area contributed by atoms with Crippen molar-refractivity contribution >= 4 is 44.8 Å². The van der Waals surface area contributed by atoms with E-state index in [1.165, 1.54) is 11.3 Å². The molecule has 0 spiro atoms. The number of hydrogen-bond acceptors (Lipinski definition) is 5. The number of thiophene rings is 1. The van der Waals surface area contributed by atoms with Crippen molar-refractivity contribution in [2.45, 2.75) is 0 Å². The predicted molar refractivity (Wildman–Crippen MR) is 88.1 cm³/mol. The lowest BCUT2D eigenvalue weighted by Gasteiger charge is -2.15. The molecule has 0 aliphatic heterocycles. The molecule has 1 aromatic heterocycles. The fourth-order valence-corrected chi connectivity index (χ4v) is 3.56. The molecular formula is C14H18N2O2S2. The van der Waals surface area contributed by atoms with E-state index in [4.69, 9.17) is 10.5 Å². The summed E-state index contributed by atoms with van der Waals surface area (Å²) in [6, 6.07) is 5.72. The monoisotopic (exact) mass is 310 g/mol. The molecule has 0 radical (unpaired) electrons. The molecule has 0 aliphatic carbocycles. The van der Waals surface area contributed by atoms with E-state index in [0.29, 0.717) is 22.9 Å². The Balaban J connectivity index is 2.40. The lowest BCUT2D eigenvalue weighted by atomic mass is 10.2. The molecule has 1 aromatic carbocycles. The minimum absolute atomic E-state index is 0.0280. The Hall–Kier alpha value is -1.40. The van der Waals surface area contributed by atoms with Crippen molar-refractivity contribution < 1.29 is 9.53 Å². The molecule has 4 nitrogen and oxygen atoms in total. The number of amides is 1. The van der Waals surface area contributed by atoms with Crippen LogP contribution in [0.3, 0.4) is 0 Å². The van der Waals surface area contributed by atoms with Crippen LogP contribution in [-0.4, -0.2) is 43.5 Å². The molecule has 0 atom stereocenters. The molecular weight excluding hydrogens is 292 g/mol. The zero-order valence-electron chi connectivity index (χ0n) is 11.8. The van der Waals surface area contributed by atoms with E-state index in [1.54, 1.807) is 30.8 Å². The average molecular weight is 310 g/mol. The smallest absolute Gasteiger partial charge is 0.265 e. The van der Waals surface area contributed by atoms with Gasteiger partial charge in [-0.25, -0.2) is 0 Å². The first-order valence-electron chi connectivity index (χ1n) is 6.19. The standard InChI is InChI=1S/C14H18N2O2S2/c1-16(7-8-19-3)14(17)13-12(15)11-9(18-2)5-4-6-10(11)20-13/h4-6H,7-8,15H2,1-3H3. The van der Waals surface area contributed by atoms with Crippen molar-refractivity contribution in [1.29, 1.82) is 0 Å². The number of benzene rings is 1. The normalized spacial score (nSPS) is 10.8. The highest BCUT2D eigenvalue weighted by molar-refractivity contribution is 7.98. The van der Waals surface area contributed by atoms with Gasteiger partial charge < -0.3 is 15.4 Å². The minimum Gasteiger partial charge on any atom is -0.496 e. The number of nitrogens with two attached hydrogens (primary N) is 1. The zero-order chi connectivity index (χ0) is 14.7. The number of anilines is 1. The van der Waals surface area contributed by atoms with E-state index in [-0.39, 0.29) is 5.91 Å². The Morgan fingerprint density at radius 1 is 1.50 bits per heavy atom. The van der Waals surface area contributed by atoms with Gasteiger partial charge in [-0.05, 0) is 18.4 Å². The summed E-state index contributed by atoms with van der Waals surface area (Å²) < 4.78 is 6.30. The summed E-state index contributed by atoms with van der Waals surface area (Å²) in [7, 11) is 3.41. The summed E-state index contributed by atoms with van der Waals surface area (Å²) in [6.07, 6.45) is 2.02. The van der Waals surface area contributed by atoms with E-state index >= 15 is 0 Å². The number of methoxy groups -OCH3 is 1. The summed E-state index contributed by atoms with van der Waals surface area (Å²) in [4.78, 5) is 14.8. The van der Waals surface area contributed by atoms with Crippen LogP contribution >= 0.6 is 23.1 Å². The highest BCUT2D eigenvalue weighted by Crippen LogP contribution is 2.39. The number of fused-ring (bicyclic) bond motifs is 1. The molecule has 0 aliphatic rings. The number of nitrogen functional groups attached to an aromatic ring is 1. The number of nitrogens with zero attached hydrogens (tertiary/aromatic N) is 1. The van der Waals surface area contributed by atoms with Crippen LogP contribution in [0.15, 0.2) is 18.2 Å². The third-order valence-electron chi connectivity index (χ3n) is 3.11. The Morgan fingerprint density at radius 2 is 2.25 bits per heavy atom. The Morgan fingerprint density at radius 3 is 2.90 bits per heavy atom. The molecule has 2 rings (SSSR count). The largest absolute Gasteiger partial charge is 0.496 e. The molecule has 6 heteroatoms. The van der Waals surface area contributed by atoms with Crippen molar-refractivity contribution in [3.05, 3.63) is 23.1 Å². The predicted octanol–water partition coefficient (Wildman–Crippen LogP) is 2.93. The molecule has 2 aromatic rings. The summed E-state index contributed by atoms with van der Waals surface area (Å²) in [5.41, 5.74) is 6.68. The van der Waals surface area contributed by atoms with E-state index in [0.717, 1.165) is 15.8 Å². The number of rotatable bonds is 5. The van der Waals surface area contributed by atoms with Gasteiger partial charge >= 0.3 is 0 Å². The van der Waals surface area contributed by atoms with Gasteiger partial charge in [0.1, 0.15) is 10.6 Å². The van der Waals surface area contributed by atoms with E-state index < -0.39 is 0 Å². The van der Waals surface area contributed by atoms with Crippen molar-refractivity contribution in [1.82, 2.24) is 4.90 Å². The first-order valence-corrected chi connectivity index (χ1v) is 8.40. The SMILES string of the molecule is COc1cccc2sc(C(=O)N(C)CCSC)c(N)c12. The maximum Gasteiger partial charge on any atom is 0.265 e. The van der Waals surface area contributed by atoms with Gasteiger partial charge in [-0.15, -0.1) is 11.3 Å². The van der Waals surface area contributed by atoms with Crippen LogP contribution in [-0.2, 0) is 0 Å². The van der Waals surface area contributed by atoms with Crippen molar-refractivity contribution in [3.8, 4) is 5.75 Å². The summed E-state index contributed by atoms with van der Waals surface area (Å²) in [6.45, 7) is 0.713. The van der Waals surface area contributed by atoms with Crippen molar-refractivity contribution in [2.75, 3.05) is 38.4 Å². The van der Waals surface area contributed by atoms with Crippen LogP contribution < -0.4 is 10.5 Å². The Kier molecular flexibility index (Phi) is 4.77. The second kappa shape index (κ2) is 6.37. The first-order chi connectivity index (χ1) is 9.60. The number of ether oxygens (including phenoxy) is 1. The zero-order valence-corrected chi connectivity index (χ0v) is 13.4. The molecule has 0 bridgehead atoms. The van der Waals surface area contributed by atoms with Gasteiger partial charge in [0, 0.05) is 24.0 Å². The maximum atomic E-state index is 12.4. The van der Waals surface area contributed by atoms with Gasteiger partial charge in [0.2, 0.25) is 0 Å². The Bertz CT molecular complexity index is 625. The second-order valence-electron chi connectivity index (χ2n) is 4.40. The van der Waals surface area contributed by atoms with E-state index in [9.17, 15) is 4.79 Å². The van der Waals surface area contributed by atoms with Crippen molar-refractivity contribution in [2.24, 2.45) is 0 Å². The summed E-state index contributed by atoms with van der Waals surface area (Å²) in [5, 5.41) is 0.835. The lowest BCUT2D eigenvalue weighted by molar-refractivity contribution is 0.0809. The van der Waals surface area contributed by atoms with Crippen LogP contribution in [0, 0.1) is 0 Å². The lowest BCUT2D eigenvalue weighted by Crippen LogP contribution is -2.28. The van der Waals surface area contributed by atoms with Crippen LogP contribution in [0.5, 0.6) is 5.75 Å². The summed E-state index contributed by atoms with van der Waals surface area (Å²) in [5.74, 6) is 1.60. The van der Waals surface area contributed by atoms with E-state index in [2.05, 4.69) is 0 Å². The van der Waals surface area contributed by atoms with Crippen LogP contribution in [0.1, 0.15) is 9.67 Å². The summed E-state index contributed by atoms with van der Waals surface area (Å²) >= 11 is 3.14. The molecule has 0 saturated carbocycles. The minimum atomic E-state index is -0.0280. The van der Waals surface area contributed by atoms with E-state index in [1.807, 2.05) is 24.5 Å². The second-order valence-corrected chi connectivity index (χ2v) is 6.44. The molecule has 20 heavy (non-hydrogen) atoms. The average Bonchev–Trinajstić information content (AvgIpc) is 2.81. The Labute approximate surface area is 126 Å². The van der Waals surface area contributed by atoms with Gasteiger partial charge in [0.25, 0.3) is 5.91 Å². The van der Waals surface area contributed by atoms with Crippen molar-refractivity contribution in [3.63, 3.8) is 0 Å². The molecule has 2 N–H and O–H groups in total. The number of carbonyl (C=O) groups excluding carboxylic acids is 1. The number of hydrogen-bond donors (Lipinski definition) is 1. The molecule has 0 unspecified atom stereocenters. The number of carbonyl (C=O) groups is 1. The fraction of sp³-hybridized carbons (Fsp3) is 0.357. The quantitative estimate of drug-likeness (QED) is 0.922. The molecule has 108 valence electrons. The van der Waals surface area contributed by atoms with Gasteiger partial charge in [0.15, 0.2) is 0 Å². The fourth-order valence-electron chi connectivity index (χ4n) is 1.97. The van der Waals surface area contributed by atoms with Gasteiger partial charge in [-0.1, -0.05) is 6.07 Å². The number of thioether (sulfide) groups is 1. The molecule has 1 heterocycles. The third kappa shape index (κ3) is 2.71. The van der Waals surface area contributed by atoms with Gasteiger partial charge in [0.05, 0.1) is 18.2 Å². The highest BCUT2D eigenvalue weighted by atomic mass is 32.2. The van der Waals surface area contributed by atoms with Crippen LogP contribution in [0.2, 0.25) is 0 Å². The molecule has 1 amide bonds. The highest BCUT2D eigenvalue weighted by Gasteiger charge is 2.21. The molecule has 0 saturated heterocycles. The van der Waals surface area contributed by atoms with Crippen LogP contribution in [0.25, 0.3) is 10.1 Å². The topological polar surface area (TPSA) is 55.6 Å². The van der Waals surface area contributed by atoms with Gasteiger partial charge in [-0.2, -0.15) is 11.8 Å². The van der Waals surface area contributed by atoms with Gasteiger partial charge in [-0.3, -0.25) is 4.79 Å².